The number of hydrogen-bond acceptors (Lipinski definition) is 3. The fourth-order valence-electron chi connectivity index (χ4n) is 2.22. The number of nitrogen functional groups attached to an aromatic ring is 1. The van der Waals surface area contributed by atoms with E-state index in [0.717, 1.165) is 41.9 Å². The molecule has 2 aromatic rings. The van der Waals surface area contributed by atoms with Gasteiger partial charge in [-0.05, 0) is 24.5 Å². The molecule has 3 N–H and O–H groups in total. The van der Waals surface area contributed by atoms with Gasteiger partial charge >= 0.3 is 0 Å². The number of anilines is 1. The Morgan fingerprint density at radius 2 is 2.17 bits per heavy atom. The van der Waals surface area contributed by atoms with E-state index < -0.39 is 0 Å². The molecule has 2 rings (SSSR count). The second-order valence-corrected chi connectivity index (χ2v) is 5.07. The molecule has 4 heteroatoms. The van der Waals surface area contributed by atoms with Gasteiger partial charge in [0.1, 0.15) is 11.3 Å². The maximum atomic E-state index is 9.01. The molecule has 0 saturated carbocycles. The van der Waals surface area contributed by atoms with Gasteiger partial charge in [0.15, 0.2) is 0 Å². The first-order chi connectivity index (χ1) is 8.63. The molecule has 4 nitrogen and oxygen atoms in total. The molecule has 1 heterocycles. The third-order valence-electron chi connectivity index (χ3n) is 3.02. The Morgan fingerprint density at radius 3 is 2.83 bits per heavy atom. The number of aromatic nitrogens is 2. The van der Waals surface area contributed by atoms with Crippen LogP contribution < -0.4 is 5.73 Å². The van der Waals surface area contributed by atoms with Gasteiger partial charge in [0.2, 0.25) is 0 Å². The summed E-state index contributed by atoms with van der Waals surface area (Å²) in [5, 5.41) is 9.01. The molecule has 0 aliphatic heterocycles. The number of imidazole rings is 1. The van der Waals surface area contributed by atoms with Crippen molar-refractivity contribution in [2.45, 2.75) is 33.2 Å². The van der Waals surface area contributed by atoms with E-state index in [1.165, 1.54) is 0 Å². The summed E-state index contributed by atoms with van der Waals surface area (Å²) in [5.74, 6) is 1.61. The minimum atomic E-state index is 0.198. The maximum Gasteiger partial charge on any atom is 0.112 e. The highest BCUT2D eigenvalue weighted by molar-refractivity contribution is 5.87. The summed E-state index contributed by atoms with van der Waals surface area (Å²) in [6.45, 7) is 5.35. The molecule has 0 aliphatic rings. The van der Waals surface area contributed by atoms with Gasteiger partial charge in [-0.25, -0.2) is 4.98 Å². The lowest BCUT2D eigenvalue weighted by molar-refractivity contribution is 0.279. The molecule has 0 fully saturated rings. The fourth-order valence-corrected chi connectivity index (χ4v) is 2.22. The van der Waals surface area contributed by atoms with E-state index in [-0.39, 0.29) is 6.61 Å². The zero-order chi connectivity index (χ0) is 13.1. The van der Waals surface area contributed by atoms with Crippen molar-refractivity contribution in [2.75, 3.05) is 12.3 Å². The summed E-state index contributed by atoms with van der Waals surface area (Å²) < 4.78 is 2.18. The van der Waals surface area contributed by atoms with Crippen molar-refractivity contribution in [2.24, 2.45) is 5.92 Å². The van der Waals surface area contributed by atoms with Crippen LogP contribution in [0.4, 0.5) is 5.69 Å². The topological polar surface area (TPSA) is 64.1 Å². The zero-order valence-corrected chi connectivity index (χ0v) is 11.1. The minimum absolute atomic E-state index is 0.198. The summed E-state index contributed by atoms with van der Waals surface area (Å²) >= 11 is 0. The highest BCUT2D eigenvalue weighted by atomic mass is 16.3. The third kappa shape index (κ3) is 2.48. The number of hydrogen-bond donors (Lipinski definition) is 2. The lowest BCUT2D eigenvalue weighted by Crippen LogP contribution is -2.08. The largest absolute Gasteiger partial charge is 0.397 e. The Hall–Kier alpha value is -1.55. The lowest BCUT2D eigenvalue weighted by atomic mass is 10.1. The number of benzene rings is 1. The quantitative estimate of drug-likeness (QED) is 0.796. The number of aliphatic hydroxyl groups is 1. The van der Waals surface area contributed by atoms with Crippen molar-refractivity contribution in [3.63, 3.8) is 0 Å². The van der Waals surface area contributed by atoms with Gasteiger partial charge in [0, 0.05) is 19.6 Å². The first kappa shape index (κ1) is 12.9. The van der Waals surface area contributed by atoms with E-state index in [0.29, 0.717) is 5.92 Å². The molecule has 1 aromatic carbocycles. The number of nitrogens with zero attached hydrogens (tertiary/aromatic N) is 2. The van der Waals surface area contributed by atoms with E-state index >= 15 is 0 Å². The molecular formula is C14H21N3O. The predicted molar refractivity (Wildman–Crippen MR) is 74.4 cm³/mol. The number of aliphatic hydroxyl groups excluding tert-OH is 1. The van der Waals surface area contributed by atoms with Crippen LogP contribution in [0.3, 0.4) is 0 Å². The normalized spacial score (nSPS) is 11.6. The van der Waals surface area contributed by atoms with Crippen LogP contribution in [0.2, 0.25) is 0 Å². The first-order valence-corrected chi connectivity index (χ1v) is 6.48. The van der Waals surface area contributed by atoms with E-state index in [9.17, 15) is 0 Å². The Balaban J connectivity index is 2.49. The molecule has 0 bridgehead atoms. The summed E-state index contributed by atoms with van der Waals surface area (Å²) in [5.41, 5.74) is 8.64. The number of rotatable bonds is 5. The zero-order valence-electron chi connectivity index (χ0n) is 11.1. The van der Waals surface area contributed by atoms with E-state index in [4.69, 9.17) is 10.8 Å². The summed E-state index contributed by atoms with van der Waals surface area (Å²) in [6.07, 6.45) is 1.67. The van der Waals surface area contributed by atoms with Crippen molar-refractivity contribution in [3.8, 4) is 0 Å². The predicted octanol–water partition coefficient (Wildman–Crippen LogP) is 2.20. The van der Waals surface area contributed by atoms with Gasteiger partial charge in [0.05, 0.1) is 11.2 Å². The van der Waals surface area contributed by atoms with Crippen LogP contribution >= 0.6 is 0 Å². The summed E-state index contributed by atoms with van der Waals surface area (Å²) in [6, 6.07) is 5.87. The van der Waals surface area contributed by atoms with Gasteiger partial charge in [-0.3, -0.25) is 0 Å². The minimum Gasteiger partial charge on any atom is -0.397 e. The van der Waals surface area contributed by atoms with Crippen molar-refractivity contribution in [1.29, 1.82) is 0 Å². The standard InChI is InChI=1S/C14H21N3O/c1-10(2)9-13-16-14-11(15)5-3-6-12(14)17(13)7-4-8-18/h3,5-6,10,18H,4,7-9,15H2,1-2H3. The molecule has 98 valence electrons. The van der Waals surface area contributed by atoms with E-state index in [1.807, 2.05) is 18.2 Å². The Labute approximate surface area is 107 Å². The van der Waals surface area contributed by atoms with Crippen LogP contribution in [0.15, 0.2) is 18.2 Å². The smallest absolute Gasteiger partial charge is 0.112 e. The molecule has 18 heavy (non-hydrogen) atoms. The monoisotopic (exact) mass is 247 g/mol. The fraction of sp³-hybridized carbons (Fsp3) is 0.500. The van der Waals surface area contributed by atoms with Crippen LogP contribution in [0.1, 0.15) is 26.1 Å². The Morgan fingerprint density at radius 1 is 1.39 bits per heavy atom. The molecule has 0 saturated heterocycles. The van der Waals surface area contributed by atoms with Gasteiger partial charge in [0.25, 0.3) is 0 Å². The van der Waals surface area contributed by atoms with Crippen LogP contribution in [0.5, 0.6) is 0 Å². The molecule has 0 amide bonds. The highest BCUT2D eigenvalue weighted by Gasteiger charge is 2.13. The molecule has 0 radical (unpaired) electrons. The number of fused-ring (bicyclic) bond motifs is 1. The third-order valence-corrected chi connectivity index (χ3v) is 3.02. The van der Waals surface area contributed by atoms with Crippen molar-refractivity contribution in [1.82, 2.24) is 9.55 Å². The van der Waals surface area contributed by atoms with Crippen LogP contribution in [-0.2, 0) is 13.0 Å². The van der Waals surface area contributed by atoms with E-state index in [1.54, 1.807) is 0 Å². The second kappa shape index (κ2) is 5.40. The molecule has 0 aliphatic carbocycles. The van der Waals surface area contributed by atoms with Gasteiger partial charge in [-0.15, -0.1) is 0 Å². The summed E-state index contributed by atoms with van der Waals surface area (Å²) in [4.78, 5) is 4.66. The van der Waals surface area contributed by atoms with Crippen LogP contribution in [-0.4, -0.2) is 21.3 Å². The first-order valence-electron chi connectivity index (χ1n) is 6.48. The average Bonchev–Trinajstić information content (AvgIpc) is 2.65. The molecule has 0 atom stereocenters. The van der Waals surface area contributed by atoms with E-state index in [2.05, 4.69) is 23.4 Å². The lowest BCUT2D eigenvalue weighted by Gasteiger charge is -2.09. The Bertz CT molecular complexity index is 531. The van der Waals surface area contributed by atoms with Crippen molar-refractivity contribution >= 4 is 16.7 Å². The summed E-state index contributed by atoms with van der Waals surface area (Å²) in [7, 11) is 0. The van der Waals surface area contributed by atoms with Gasteiger partial charge in [-0.1, -0.05) is 19.9 Å². The molecule has 1 aromatic heterocycles. The highest BCUT2D eigenvalue weighted by Crippen LogP contribution is 2.23. The second-order valence-electron chi connectivity index (χ2n) is 5.07. The maximum absolute atomic E-state index is 9.01. The number of nitrogens with two attached hydrogens (primary N) is 1. The van der Waals surface area contributed by atoms with Crippen LogP contribution in [0.25, 0.3) is 11.0 Å². The van der Waals surface area contributed by atoms with Crippen LogP contribution in [0, 0.1) is 5.92 Å². The molecule has 0 spiro atoms. The molecule has 0 unspecified atom stereocenters. The molecular weight excluding hydrogens is 226 g/mol. The SMILES string of the molecule is CC(C)Cc1nc2c(N)cccc2n1CCCO. The number of para-hydroxylation sites is 1. The van der Waals surface area contributed by atoms with Gasteiger partial charge < -0.3 is 15.4 Å². The number of aryl methyl sites for hydroxylation is 1. The van der Waals surface area contributed by atoms with Crippen molar-refractivity contribution in [3.05, 3.63) is 24.0 Å². The van der Waals surface area contributed by atoms with Gasteiger partial charge in [-0.2, -0.15) is 0 Å². The Kier molecular flexibility index (Phi) is 3.87. The average molecular weight is 247 g/mol. The van der Waals surface area contributed by atoms with Crippen molar-refractivity contribution < 1.29 is 5.11 Å².